The first-order valence-corrected chi connectivity index (χ1v) is 7.74. The summed E-state index contributed by atoms with van der Waals surface area (Å²) in [4.78, 5) is 24.1. The van der Waals surface area contributed by atoms with E-state index in [1.807, 2.05) is 6.07 Å². The van der Waals surface area contributed by atoms with Gasteiger partial charge >= 0.3 is 5.97 Å². The zero-order valence-electron chi connectivity index (χ0n) is 12.8. The van der Waals surface area contributed by atoms with Crippen LogP contribution in [0.3, 0.4) is 0 Å². The Balaban J connectivity index is 2.04. The number of nitrogens with zero attached hydrogens (tertiary/aromatic N) is 1. The Hall–Kier alpha value is -2.62. The molecule has 2 aromatic carbocycles. The molecule has 0 spiro atoms. The Labute approximate surface area is 152 Å². The zero-order chi connectivity index (χ0) is 18.6. The first-order chi connectivity index (χ1) is 11.8. The van der Waals surface area contributed by atoms with Crippen LogP contribution in [0.2, 0.25) is 10.0 Å². The molecule has 0 heterocycles. The lowest BCUT2D eigenvalue weighted by molar-refractivity contribution is -0.123. The van der Waals surface area contributed by atoms with E-state index in [9.17, 15) is 14.0 Å². The Morgan fingerprint density at radius 2 is 1.84 bits per heavy atom. The first kappa shape index (κ1) is 18.7. The van der Waals surface area contributed by atoms with Crippen molar-refractivity contribution in [3.63, 3.8) is 0 Å². The van der Waals surface area contributed by atoms with Gasteiger partial charge in [-0.3, -0.25) is 4.79 Å². The summed E-state index contributed by atoms with van der Waals surface area (Å²) in [6, 6.07) is 10.0. The maximum atomic E-state index is 13.5. The van der Waals surface area contributed by atoms with Gasteiger partial charge in [0.2, 0.25) is 0 Å². The smallest absolute Gasteiger partial charge is 0.340 e. The van der Waals surface area contributed by atoms with Gasteiger partial charge in [0.15, 0.2) is 6.10 Å². The quantitative estimate of drug-likeness (QED) is 0.636. The van der Waals surface area contributed by atoms with Crippen molar-refractivity contribution >= 4 is 40.8 Å². The third-order valence-corrected chi connectivity index (χ3v) is 3.77. The summed E-state index contributed by atoms with van der Waals surface area (Å²) in [5.41, 5.74) is 0.640. The van der Waals surface area contributed by atoms with Crippen LogP contribution in [0.5, 0.6) is 0 Å². The molecule has 2 rings (SSSR count). The number of hydrogen-bond acceptors (Lipinski definition) is 4. The van der Waals surface area contributed by atoms with Crippen LogP contribution >= 0.6 is 23.2 Å². The van der Waals surface area contributed by atoms with E-state index in [2.05, 4.69) is 5.32 Å². The van der Waals surface area contributed by atoms with Crippen molar-refractivity contribution in [3.8, 4) is 6.07 Å². The van der Waals surface area contributed by atoms with Gasteiger partial charge in [-0.15, -0.1) is 0 Å². The van der Waals surface area contributed by atoms with E-state index in [1.54, 1.807) is 0 Å². The molecule has 0 aliphatic heterocycles. The number of rotatable bonds is 4. The van der Waals surface area contributed by atoms with E-state index in [0.717, 1.165) is 12.1 Å². The second-order valence-electron chi connectivity index (χ2n) is 4.97. The number of ether oxygens (including phenoxy) is 1. The molecule has 0 aliphatic rings. The molecule has 5 nitrogen and oxygen atoms in total. The maximum absolute atomic E-state index is 13.5. The molecule has 1 amide bonds. The number of amides is 1. The monoisotopic (exact) mass is 380 g/mol. The number of benzene rings is 2. The number of anilines is 1. The van der Waals surface area contributed by atoms with Crippen LogP contribution in [0.4, 0.5) is 10.1 Å². The zero-order valence-corrected chi connectivity index (χ0v) is 14.4. The van der Waals surface area contributed by atoms with Gasteiger partial charge in [0, 0.05) is 5.69 Å². The van der Waals surface area contributed by atoms with Crippen molar-refractivity contribution in [2.75, 3.05) is 5.32 Å². The fraction of sp³-hybridized carbons (Fsp3) is 0.118. The molecular weight excluding hydrogens is 370 g/mol. The summed E-state index contributed by atoms with van der Waals surface area (Å²) >= 11 is 11.4. The van der Waals surface area contributed by atoms with Crippen LogP contribution < -0.4 is 5.32 Å². The second-order valence-corrected chi connectivity index (χ2v) is 5.79. The molecule has 0 saturated heterocycles. The molecule has 128 valence electrons. The molecule has 8 heteroatoms. The van der Waals surface area contributed by atoms with E-state index in [4.69, 9.17) is 33.2 Å². The summed E-state index contributed by atoms with van der Waals surface area (Å²) in [6.45, 7) is 1.36. The van der Waals surface area contributed by atoms with Crippen LogP contribution in [0.1, 0.15) is 22.8 Å². The minimum atomic E-state index is -1.15. The van der Waals surface area contributed by atoms with Gasteiger partial charge in [0.25, 0.3) is 5.91 Å². The van der Waals surface area contributed by atoms with E-state index >= 15 is 0 Å². The van der Waals surface area contributed by atoms with Crippen LogP contribution in [-0.4, -0.2) is 18.0 Å². The SMILES string of the molecule is C[C@@H](OC(=O)c1cc(F)c(Cl)cc1Cl)C(=O)Nc1ccc(C#N)cc1. The number of esters is 1. The molecule has 0 aromatic heterocycles. The van der Waals surface area contributed by atoms with Crippen LogP contribution in [0.25, 0.3) is 0 Å². The molecule has 0 fully saturated rings. The van der Waals surface area contributed by atoms with Gasteiger partial charge < -0.3 is 10.1 Å². The highest BCUT2D eigenvalue weighted by molar-refractivity contribution is 6.36. The first-order valence-electron chi connectivity index (χ1n) is 6.98. The highest BCUT2D eigenvalue weighted by Crippen LogP contribution is 2.25. The topological polar surface area (TPSA) is 79.2 Å². The second kappa shape index (κ2) is 7.97. The molecule has 0 bridgehead atoms. The summed E-state index contributed by atoms with van der Waals surface area (Å²) in [7, 11) is 0. The summed E-state index contributed by atoms with van der Waals surface area (Å²) in [5.74, 6) is -2.38. The van der Waals surface area contributed by atoms with Gasteiger partial charge in [-0.2, -0.15) is 5.26 Å². The molecular formula is C17H11Cl2FN2O3. The number of hydrogen-bond donors (Lipinski definition) is 1. The maximum Gasteiger partial charge on any atom is 0.340 e. The predicted molar refractivity (Wildman–Crippen MR) is 91.1 cm³/mol. The molecule has 1 N–H and O–H groups in total. The van der Waals surface area contributed by atoms with Gasteiger partial charge in [0.1, 0.15) is 5.82 Å². The van der Waals surface area contributed by atoms with E-state index in [1.165, 1.54) is 31.2 Å². The summed E-state index contributed by atoms with van der Waals surface area (Å²) in [6.07, 6.45) is -1.15. The third-order valence-electron chi connectivity index (χ3n) is 3.16. The highest BCUT2D eigenvalue weighted by Gasteiger charge is 2.22. The van der Waals surface area contributed by atoms with Crippen LogP contribution in [-0.2, 0) is 9.53 Å². The fourth-order valence-electron chi connectivity index (χ4n) is 1.83. The van der Waals surface area contributed by atoms with Gasteiger partial charge in [-0.25, -0.2) is 9.18 Å². The van der Waals surface area contributed by atoms with Crippen LogP contribution in [0, 0.1) is 17.1 Å². The largest absolute Gasteiger partial charge is 0.449 e. The van der Waals surface area contributed by atoms with Crippen molar-refractivity contribution < 1.29 is 18.7 Å². The Morgan fingerprint density at radius 1 is 1.20 bits per heavy atom. The van der Waals surface area contributed by atoms with Crippen molar-refractivity contribution in [2.45, 2.75) is 13.0 Å². The van der Waals surface area contributed by atoms with Gasteiger partial charge in [0.05, 0.1) is 27.2 Å². The van der Waals surface area contributed by atoms with Crippen LogP contribution in [0.15, 0.2) is 36.4 Å². The average molecular weight is 381 g/mol. The van der Waals surface area contributed by atoms with E-state index < -0.39 is 23.8 Å². The normalized spacial score (nSPS) is 11.3. The van der Waals surface area contributed by atoms with Crippen molar-refractivity contribution in [3.05, 3.63) is 63.4 Å². The number of halogens is 3. The Morgan fingerprint density at radius 3 is 2.44 bits per heavy atom. The summed E-state index contributed by atoms with van der Waals surface area (Å²) in [5, 5.41) is 10.9. The Kier molecular flexibility index (Phi) is 5.97. The lowest BCUT2D eigenvalue weighted by atomic mass is 10.2. The van der Waals surface area contributed by atoms with Gasteiger partial charge in [-0.05, 0) is 43.3 Å². The minimum absolute atomic E-state index is 0.0869. The van der Waals surface area contributed by atoms with Crippen molar-refractivity contribution in [1.29, 1.82) is 5.26 Å². The molecule has 2 aromatic rings. The minimum Gasteiger partial charge on any atom is -0.449 e. The van der Waals surface area contributed by atoms with Crippen molar-refractivity contribution in [2.24, 2.45) is 0 Å². The summed E-state index contributed by atoms with van der Waals surface area (Å²) < 4.78 is 18.5. The van der Waals surface area contributed by atoms with Gasteiger partial charge in [-0.1, -0.05) is 23.2 Å². The molecule has 0 saturated carbocycles. The highest BCUT2D eigenvalue weighted by atomic mass is 35.5. The predicted octanol–water partition coefficient (Wildman–Crippen LogP) is 4.19. The average Bonchev–Trinajstić information content (AvgIpc) is 2.58. The molecule has 0 radical (unpaired) electrons. The molecule has 0 unspecified atom stereocenters. The number of nitriles is 1. The number of nitrogens with one attached hydrogen (secondary N) is 1. The van der Waals surface area contributed by atoms with E-state index in [0.29, 0.717) is 11.3 Å². The lowest BCUT2D eigenvalue weighted by Gasteiger charge is -2.14. The molecule has 1 atom stereocenters. The number of carbonyl (C=O) groups is 2. The fourth-order valence-corrected chi connectivity index (χ4v) is 2.29. The standard InChI is InChI=1S/C17H11Cl2FN2O3/c1-9(16(23)22-11-4-2-10(8-21)3-5-11)25-17(24)12-6-15(20)14(19)7-13(12)18/h2-7,9H,1H3,(H,22,23)/t9-/m1/s1. The number of carbonyl (C=O) groups excluding carboxylic acids is 2. The van der Waals surface area contributed by atoms with E-state index in [-0.39, 0.29) is 15.6 Å². The third kappa shape index (κ3) is 4.69. The Bertz CT molecular complexity index is 863. The van der Waals surface area contributed by atoms with Crippen molar-refractivity contribution in [1.82, 2.24) is 0 Å². The molecule has 0 aliphatic carbocycles. The molecule has 25 heavy (non-hydrogen) atoms. The lowest BCUT2D eigenvalue weighted by Crippen LogP contribution is -2.30.